The van der Waals surface area contributed by atoms with Crippen LogP contribution in [0.2, 0.25) is 0 Å². The zero-order valence-corrected chi connectivity index (χ0v) is 14.8. The molecule has 0 amide bonds. The van der Waals surface area contributed by atoms with Gasteiger partial charge >= 0.3 is 0 Å². The van der Waals surface area contributed by atoms with Gasteiger partial charge in [-0.15, -0.1) is 0 Å². The predicted molar refractivity (Wildman–Crippen MR) is 85.2 cm³/mol. The Balaban J connectivity index is 1.86. The lowest BCUT2D eigenvalue weighted by molar-refractivity contribution is 0.252. The van der Waals surface area contributed by atoms with E-state index in [0.29, 0.717) is 0 Å². The van der Waals surface area contributed by atoms with Crippen molar-refractivity contribution in [1.82, 2.24) is 5.32 Å². The first-order valence-electron chi connectivity index (χ1n) is 6.15. The molecule has 1 saturated heterocycles. The molecule has 1 heterocycles. The molecule has 0 aliphatic carbocycles. The van der Waals surface area contributed by atoms with E-state index in [4.69, 9.17) is 4.74 Å². The summed E-state index contributed by atoms with van der Waals surface area (Å²) in [5.41, 5.74) is 0. The van der Waals surface area contributed by atoms with Crippen molar-refractivity contribution in [3.63, 3.8) is 0 Å². The summed E-state index contributed by atoms with van der Waals surface area (Å²) in [6.45, 7) is 3.07. The Morgan fingerprint density at radius 2 is 1.94 bits per heavy atom. The quantitative estimate of drug-likeness (QED) is 0.728. The second-order valence-corrected chi connectivity index (χ2v) is 7.17. The Labute approximate surface area is 133 Å². The molecular formula is C13H16Br3NO. The largest absolute Gasteiger partial charge is 0.491 e. The molecule has 2 nitrogen and oxygen atoms in total. The third kappa shape index (κ3) is 4.22. The predicted octanol–water partition coefficient (Wildman–Crippen LogP) is 4.74. The van der Waals surface area contributed by atoms with Crippen molar-refractivity contribution in [2.75, 3.05) is 19.7 Å². The molecule has 1 aromatic rings. The van der Waals surface area contributed by atoms with E-state index < -0.39 is 0 Å². The summed E-state index contributed by atoms with van der Waals surface area (Å²) in [6.07, 6.45) is 3.72. The van der Waals surface area contributed by atoms with Crippen LogP contribution in [0.25, 0.3) is 0 Å². The first kappa shape index (κ1) is 14.8. The van der Waals surface area contributed by atoms with E-state index in [1.165, 1.54) is 19.4 Å². The van der Waals surface area contributed by atoms with Crippen LogP contribution in [0.5, 0.6) is 5.75 Å². The lowest BCUT2D eigenvalue weighted by atomic mass is 9.97. The molecule has 0 radical (unpaired) electrons. The molecule has 0 saturated carbocycles. The SMILES string of the molecule is Brc1cc(Br)c(OCCC2CCCNC2)c(Br)c1. The smallest absolute Gasteiger partial charge is 0.147 e. The van der Waals surface area contributed by atoms with Gasteiger partial charge in [0, 0.05) is 4.47 Å². The number of hydrogen-bond acceptors (Lipinski definition) is 2. The van der Waals surface area contributed by atoms with E-state index in [0.717, 1.165) is 44.7 Å². The van der Waals surface area contributed by atoms with Crippen molar-refractivity contribution in [3.8, 4) is 5.75 Å². The highest BCUT2D eigenvalue weighted by Crippen LogP contribution is 2.36. The molecule has 2 rings (SSSR count). The molecule has 100 valence electrons. The molecule has 0 aromatic heterocycles. The lowest BCUT2D eigenvalue weighted by Crippen LogP contribution is -2.30. The van der Waals surface area contributed by atoms with E-state index in [-0.39, 0.29) is 0 Å². The highest BCUT2D eigenvalue weighted by Gasteiger charge is 2.14. The zero-order valence-electron chi connectivity index (χ0n) is 10.0. The fraction of sp³-hybridized carbons (Fsp3) is 0.538. The van der Waals surface area contributed by atoms with E-state index >= 15 is 0 Å². The van der Waals surface area contributed by atoms with Crippen LogP contribution in [0.3, 0.4) is 0 Å². The molecule has 0 spiro atoms. The van der Waals surface area contributed by atoms with Gasteiger partial charge in [0.05, 0.1) is 15.6 Å². The first-order chi connectivity index (χ1) is 8.66. The fourth-order valence-corrected chi connectivity index (χ4v) is 4.65. The zero-order chi connectivity index (χ0) is 13.0. The van der Waals surface area contributed by atoms with Crippen LogP contribution in [-0.4, -0.2) is 19.7 Å². The maximum absolute atomic E-state index is 5.88. The minimum absolute atomic E-state index is 0.756. The Morgan fingerprint density at radius 1 is 1.22 bits per heavy atom. The van der Waals surface area contributed by atoms with Crippen LogP contribution in [0.15, 0.2) is 25.6 Å². The van der Waals surface area contributed by atoms with Gasteiger partial charge in [-0.3, -0.25) is 0 Å². The van der Waals surface area contributed by atoms with E-state index in [1.807, 2.05) is 12.1 Å². The van der Waals surface area contributed by atoms with Gasteiger partial charge in [-0.1, -0.05) is 15.9 Å². The third-order valence-corrected chi connectivity index (χ3v) is 4.77. The number of piperidine rings is 1. The summed E-state index contributed by atoms with van der Waals surface area (Å²) >= 11 is 10.5. The van der Waals surface area contributed by atoms with E-state index in [1.54, 1.807) is 0 Å². The molecule has 1 aliphatic heterocycles. The molecule has 1 unspecified atom stereocenters. The summed E-state index contributed by atoms with van der Waals surface area (Å²) < 4.78 is 8.87. The molecule has 5 heteroatoms. The molecule has 1 aromatic carbocycles. The molecular weight excluding hydrogens is 426 g/mol. The highest BCUT2D eigenvalue weighted by atomic mass is 79.9. The first-order valence-corrected chi connectivity index (χ1v) is 8.53. The van der Waals surface area contributed by atoms with Crippen LogP contribution in [0.1, 0.15) is 19.3 Å². The third-order valence-electron chi connectivity index (χ3n) is 3.13. The summed E-state index contributed by atoms with van der Waals surface area (Å²) in [5.74, 6) is 1.65. The normalized spacial score (nSPS) is 19.8. The minimum atomic E-state index is 0.756. The van der Waals surface area contributed by atoms with E-state index in [9.17, 15) is 0 Å². The van der Waals surface area contributed by atoms with Gasteiger partial charge < -0.3 is 10.1 Å². The highest BCUT2D eigenvalue weighted by molar-refractivity contribution is 9.11. The van der Waals surface area contributed by atoms with Crippen LogP contribution >= 0.6 is 47.8 Å². The molecule has 1 N–H and O–H groups in total. The summed E-state index contributed by atoms with van der Waals surface area (Å²) in [4.78, 5) is 0. The van der Waals surface area contributed by atoms with Crippen molar-refractivity contribution in [1.29, 1.82) is 0 Å². The Morgan fingerprint density at radius 3 is 2.56 bits per heavy atom. The Bertz CT molecular complexity index is 382. The topological polar surface area (TPSA) is 21.3 Å². The van der Waals surface area contributed by atoms with Gasteiger partial charge in [0.15, 0.2) is 0 Å². The number of benzene rings is 1. The summed E-state index contributed by atoms with van der Waals surface area (Å²) in [5, 5.41) is 3.43. The molecule has 0 bridgehead atoms. The van der Waals surface area contributed by atoms with Crippen LogP contribution < -0.4 is 10.1 Å². The fourth-order valence-electron chi connectivity index (χ4n) is 2.16. The van der Waals surface area contributed by atoms with Crippen molar-refractivity contribution in [3.05, 3.63) is 25.6 Å². The monoisotopic (exact) mass is 439 g/mol. The number of ether oxygens (including phenoxy) is 1. The number of rotatable bonds is 4. The number of nitrogens with one attached hydrogen (secondary N) is 1. The standard InChI is InChI=1S/C13H16Br3NO/c14-10-6-11(15)13(12(16)7-10)18-5-3-9-2-1-4-17-8-9/h6-7,9,17H,1-5,8H2. The Kier molecular flexibility index (Phi) is 5.98. The maximum Gasteiger partial charge on any atom is 0.147 e. The minimum Gasteiger partial charge on any atom is -0.491 e. The second kappa shape index (κ2) is 7.27. The van der Waals surface area contributed by atoms with Gasteiger partial charge in [-0.25, -0.2) is 0 Å². The van der Waals surface area contributed by atoms with Gasteiger partial charge in [0.25, 0.3) is 0 Å². The molecule has 1 fully saturated rings. The average Bonchev–Trinajstić information content (AvgIpc) is 2.34. The summed E-state index contributed by atoms with van der Waals surface area (Å²) in [6, 6.07) is 4.00. The van der Waals surface area contributed by atoms with Crippen molar-refractivity contribution < 1.29 is 4.74 Å². The number of hydrogen-bond donors (Lipinski definition) is 1. The van der Waals surface area contributed by atoms with E-state index in [2.05, 4.69) is 53.1 Å². The van der Waals surface area contributed by atoms with Crippen molar-refractivity contribution in [2.45, 2.75) is 19.3 Å². The maximum atomic E-state index is 5.88. The van der Waals surface area contributed by atoms with Gasteiger partial charge in [-0.2, -0.15) is 0 Å². The van der Waals surface area contributed by atoms with Crippen molar-refractivity contribution >= 4 is 47.8 Å². The van der Waals surface area contributed by atoms with Crippen LogP contribution in [-0.2, 0) is 0 Å². The lowest BCUT2D eigenvalue weighted by Gasteiger charge is -2.22. The van der Waals surface area contributed by atoms with Gasteiger partial charge in [0.2, 0.25) is 0 Å². The number of halogens is 3. The summed E-state index contributed by atoms with van der Waals surface area (Å²) in [7, 11) is 0. The molecule has 18 heavy (non-hydrogen) atoms. The van der Waals surface area contributed by atoms with Crippen LogP contribution in [0, 0.1) is 5.92 Å². The molecule has 1 aliphatic rings. The second-order valence-electron chi connectivity index (χ2n) is 4.55. The van der Waals surface area contributed by atoms with Crippen molar-refractivity contribution in [2.24, 2.45) is 5.92 Å². The van der Waals surface area contributed by atoms with Gasteiger partial charge in [0.1, 0.15) is 5.75 Å². The van der Waals surface area contributed by atoms with Gasteiger partial charge in [-0.05, 0) is 82.3 Å². The molecule has 1 atom stereocenters. The average molecular weight is 442 g/mol. The van der Waals surface area contributed by atoms with Crippen LogP contribution in [0.4, 0.5) is 0 Å². The Hall–Kier alpha value is 0.420.